The average molecular weight is 296 g/mol. The molecule has 1 N–H and O–H groups in total. The molecule has 0 saturated carbocycles. The van der Waals surface area contributed by atoms with E-state index >= 15 is 0 Å². The second-order valence-corrected chi connectivity index (χ2v) is 6.27. The van der Waals surface area contributed by atoms with Crippen molar-refractivity contribution in [3.8, 4) is 0 Å². The molecule has 0 aliphatic heterocycles. The van der Waals surface area contributed by atoms with Crippen molar-refractivity contribution in [2.75, 3.05) is 0 Å². The highest BCUT2D eigenvalue weighted by Crippen LogP contribution is 2.18. The van der Waals surface area contributed by atoms with Gasteiger partial charge in [0.1, 0.15) is 4.70 Å². The van der Waals surface area contributed by atoms with Gasteiger partial charge in [-0.3, -0.25) is 9.36 Å². The number of nitrogens with one attached hydrogen (secondary N) is 1. The van der Waals surface area contributed by atoms with Crippen molar-refractivity contribution in [3.05, 3.63) is 26.6 Å². The summed E-state index contributed by atoms with van der Waals surface area (Å²) in [6.07, 6.45) is 5.88. The number of hydrogen-bond acceptors (Lipinski definition) is 3. The minimum atomic E-state index is 0.0525. The fraction of sp³-hybridized carbons (Fsp3) is 0.571. The van der Waals surface area contributed by atoms with E-state index in [1.54, 1.807) is 4.57 Å². The Balaban J connectivity index is 2.24. The number of thiophene rings is 1. The lowest BCUT2D eigenvalue weighted by atomic mass is 10.1. The molecule has 2 aromatic rings. The molecule has 0 fully saturated rings. The number of aromatic nitrogens is 2. The van der Waals surface area contributed by atoms with Crippen LogP contribution in [0.5, 0.6) is 0 Å². The molecule has 2 rings (SSSR count). The second-order valence-electron chi connectivity index (χ2n) is 4.97. The Morgan fingerprint density at radius 3 is 2.95 bits per heavy atom. The van der Waals surface area contributed by atoms with Crippen molar-refractivity contribution in [1.29, 1.82) is 0 Å². The molecule has 0 saturated heterocycles. The molecule has 0 aliphatic carbocycles. The van der Waals surface area contributed by atoms with E-state index in [-0.39, 0.29) is 11.6 Å². The maximum absolute atomic E-state index is 12.4. The third-order valence-corrected chi connectivity index (χ3v) is 4.66. The van der Waals surface area contributed by atoms with E-state index in [1.165, 1.54) is 30.6 Å². The largest absolute Gasteiger partial charge is 0.331 e. The van der Waals surface area contributed by atoms with Gasteiger partial charge in [0.25, 0.3) is 5.56 Å². The molecule has 0 spiro atoms. The van der Waals surface area contributed by atoms with Gasteiger partial charge in [-0.15, -0.1) is 11.3 Å². The van der Waals surface area contributed by atoms with Gasteiger partial charge in [0, 0.05) is 6.04 Å². The molecule has 1 unspecified atom stereocenters. The van der Waals surface area contributed by atoms with Gasteiger partial charge in [0.2, 0.25) is 0 Å². The Labute approximate surface area is 122 Å². The Bertz CT molecular complexity index is 653. The number of aromatic amines is 1. The standard InChI is InChI=1S/C14H20N2OS2/c1-3-4-5-6-7-10(2)16-13(17)12-11(8-9-19-12)15-14(16)18/h8-10H,3-7H2,1-2H3,(H,15,18). The Morgan fingerprint density at radius 2 is 2.21 bits per heavy atom. The fourth-order valence-electron chi connectivity index (χ4n) is 2.35. The van der Waals surface area contributed by atoms with E-state index in [1.807, 2.05) is 11.4 Å². The molecule has 3 nitrogen and oxygen atoms in total. The topological polar surface area (TPSA) is 37.8 Å². The van der Waals surface area contributed by atoms with Gasteiger partial charge in [0.05, 0.1) is 5.52 Å². The molecule has 0 aliphatic rings. The number of unbranched alkanes of at least 4 members (excludes halogenated alkanes) is 3. The van der Waals surface area contributed by atoms with Crippen LogP contribution in [0.25, 0.3) is 10.2 Å². The van der Waals surface area contributed by atoms with Crippen LogP contribution in [-0.4, -0.2) is 9.55 Å². The Morgan fingerprint density at radius 1 is 1.42 bits per heavy atom. The molecule has 104 valence electrons. The smallest absolute Gasteiger partial charge is 0.272 e. The predicted octanol–water partition coefficient (Wildman–Crippen LogP) is 4.65. The molecule has 0 aromatic carbocycles. The van der Waals surface area contributed by atoms with E-state index < -0.39 is 0 Å². The van der Waals surface area contributed by atoms with Gasteiger partial charge in [-0.25, -0.2) is 0 Å². The number of H-pyrrole nitrogens is 1. The van der Waals surface area contributed by atoms with Crippen LogP contribution in [0.2, 0.25) is 0 Å². The van der Waals surface area contributed by atoms with Crippen LogP contribution in [0, 0.1) is 4.77 Å². The Kier molecular flexibility index (Phi) is 4.93. The maximum atomic E-state index is 12.4. The first-order valence-corrected chi connectivity index (χ1v) is 8.16. The third-order valence-electron chi connectivity index (χ3n) is 3.45. The highest BCUT2D eigenvalue weighted by atomic mass is 32.1. The SMILES string of the molecule is CCCCCCC(C)n1c(=S)[nH]c2ccsc2c1=O. The fourth-order valence-corrected chi connectivity index (χ4v) is 3.50. The van der Waals surface area contributed by atoms with Crippen molar-refractivity contribution in [1.82, 2.24) is 9.55 Å². The van der Waals surface area contributed by atoms with Crippen molar-refractivity contribution in [2.45, 2.75) is 52.0 Å². The summed E-state index contributed by atoms with van der Waals surface area (Å²) in [6, 6.07) is 2.08. The highest BCUT2D eigenvalue weighted by Gasteiger charge is 2.12. The van der Waals surface area contributed by atoms with E-state index in [4.69, 9.17) is 12.2 Å². The number of rotatable bonds is 6. The molecule has 2 heterocycles. The van der Waals surface area contributed by atoms with Crippen LogP contribution in [0.4, 0.5) is 0 Å². The van der Waals surface area contributed by atoms with Gasteiger partial charge in [-0.05, 0) is 37.0 Å². The monoisotopic (exact) mass is 296 g/mol. The quantitative estimate of drug-likeness (QED) is 0.622. The summed E-state index contributed by atoms with van der Waals surface area (Å²) in [5, 5.41) is 1.92. The lowest BCUT2D eigenvalue weighted by Gasteiger charge is -2.15. The summed E-state index contributed by atoms with van der Waals surface area (Å²) in [5.41, 5.74) is 0.908. The molecule has 0 bridgehead atoms. The van der Waals surface area contributed by atoms with Crippen molar-refractivity contribution in [3.63, 3.8) is 0 Å². The molecule has 2 aromatic heterocycles. The zero-order valence-electron chi connectivity index (χ0n) is 11.4. The first kappa shape index (κ1) is 14.5. The molecule has 0 radical (unpaired) electrons. The average Bonchev–Trinajstić information content (AvgIpc) is 2.83. The molecule has 1 atom stereocenters. The van der Waals surface area contributed by atoms with E-state index in [0.29, 0.717) is 4.77 Å². The van der Waals surface area contributed by atoms with Crippen molar-refractivity contribution >= 4 is 33.8 Å². The number of hydrogen-bond donors (Lipinski definition) is 1. The van der Waals surface area contributed by atoms with Gasteiger partial charge in [-0.1, -0.05) is 32.6 Å². The summed E-state index contributed by atoms with van der Waals surface area (Å²) in [6.45, 7) is 4.28. The van der Waals surface area contributed by atoms with Gasteiger partial charge in [0.15, 0.2) is 4.77 Å². The summed E-state index contributed by atoms with van der Waals surface area (Å²) < 4.78 is 3.05. The maximum Gasteiger partial charge on any atom is 0.272 e. The van der Waals surface area contributed by atoms with Gasteiger partial charge < -0.3 is 4.98 Å². The van der Waals surface area contributed by atoms with Crippen LogP contribution < -0.4 is 5.56 Å². The normalized spacial score (nSPS) is 12.9. The van der Waals surface area contributed by atoms with Crippen LogP contribution in [0.3, 0.4) is 0 Å². The van der Waals surface area contributed by atoms with Gasteiger partial charge in [-0.2, -0.15) is 0 Å². The molecule has 19 heavy (non-hydrogen) atoms. The van der Waals surface area contributed by atoms with E-state index in [9.17, 15) is 4.79 Å². The van der Waals surface area contributed by atoms with Crippen LogP contribution in [-0.2, 0) is 0 Å². The molecular formula is C14H20N2OS2. The Hall–Kier alpha value is -0.940. The van der Waals surface area contributed by atoms with E-state index in [0.717, 1.165) is 23.1 Å². The third kappa shape index (κ3) is 3.15. The predicted molar refractivity (Wildman–Crippen MR) is 84.7 cm³/mol. The van der Waals surface area contributed by atoms with E-state index in [2.05, 4.69) is 18.8 Å². The van der Waals surface area contributed by atoms with Gasteiger partial charge >= 0.3 is 0 Å². The van der Waals surface area contributed by atoms with Crippen molar-refractivity contribution < 1.29 is 0 Å². The van der Waals surface area contributed by atoms with Crippen molar-refractivity contribution in [2.24, 2.45) is 0 Å². The van der Waals surface area contributed by atoms with Crippen LogP contribution in [0.15, 0.2) is 16.2 Å². The lowest BCUT2D eigenvalue weighted by Crippen LogP contribution is -2.24. The summed E-state index contributed by atoms with van der Waals surface area (Å²) in [4.78, 5) is 15.6. The second kappa shape index (κ2) is 6.48. The molecule has 5 heteroatoms. The highest BCUT2D eigenvalue weighted by molar-refractivity contribution is 7.71. The number of nitrogens with zero attached hydrogens (tertiary/aromatic N) is 1. The molecular weight excluding hydrogens is 276 g/mol. The summed E-state index contributed by atoms with van der Waals surface area (Å²) >= 11 is 6.80. The summed E-state index contributed by atoms with van der Waals surface area (Å²) in [7, 11) is 0. The zero-order valence-corrected chi connectivity index (χ0v) is 13.1. The van der Waals surface area contributed by atoms with Crippen LogP contribution in [0.1, 0.15) is 52.0 Å². The zero-order chi connectivity index (χ0) is 13.8. The lowest BCUT2D eigenvalue weighted by molar-refractivity contribution is 0.455. The van der Waals surface area contributed by atoms with Crippen LogP contribution >= 0.6 is 23.6 Å². The molecule has 0 amide bonds. The minimum Gasteiger partial charge on any atom is -0.331 e. The summed E-state index contributed by atoms with van der Waals surface area (Å²) in [5.74, 6) is 0. The first-order chi connectivity index (χ1) is 9.15. The number of fused-ring (bicyclic) bond motifs is 1. The minimum absolute atomic E-state index is 0.0525. The first-order valence-electron chi connectivity index (χ1n) is 6.87.